The van der Waals surface area contributed by atoms with Crippen molar-refractivity contribution in [2.45, 2.75) is 96.2 Å². The number of carbonyl (C=O) groups excluding carboxylic acids is 1. The van der Waals surface area contributed by atoms with E-state index in [4.69, 9.17) is 14.2 Å². The first-order chi connectivity index (χ1) is 11.1. The summed E-state index contributed by atoms with van der Waals surface area (Å²) in [7, 11) is 0. The standard InChI is InChI=1S/C18H34N2O4/c1-7-22-14-10-13(20-16(21)24-17(2,3)4)15(14)19-12-8-9-23-18(5,6)11-12/h12-15,19H,7-11H2,1-6H3,(H,20,21). The van der Waals surface area contributed by atoms with Crippen LogP contribution >= 0.6 is 0 Å². The molecule has 0 aromatic rings. The molecule has 1 amide bonds. The highest BCUT2D eigenvalue weighted by Crippen LogP contribution is 2.29. The van der Waals surface area contributed by atoms with Crippen molar-refractivity contribution < 1.29 is 19.0 Å². The summed E-state index contributed by atoms with van der Waals surface area (Å²) in [5.74, 6) is 0. The van der Waals surface area contributed by atoms with Gasteiger partial charge in [0.2, 0.25) is 0 Å². The van der Waals surface area contributed by atoms with E-state index in [-0.39, 0.29) is 29.9 Å². The topological polar surface area (TPSA) is 68.8 Å². The van der Waals surface area contributed by atoms with E-state index in [0.717, 1.165) is 25.9 Å². The van der Waals surface area contributed by atoms with Gasteiger partial charge in [0.15, 0.2) is 0 Å². The smallest absolute Gasteiger partial charge is 0.407 e. The first-order valence-corrected chi connectivity index (χ1v) is 9.11. The van der Waals surface area contributed by atoms with Gasteiger partial charge in [-0.25, -0.2) is 4.79 Å². The minimum absolute atomic E-state index is 0.0438. The normalized spacial score (nSPS) is 32.8. The van der Waals surface area contributed by atoms with Crippen LogP contribution < -0.4 is 10.6 Å². The largest absolute Gasteiger partial charge is 0.444 e. The molecule has 1 heterocycles. The van der Waals surface area contributed by atoms with Crippen molar-refractivity contribution in [1.29, 1.82) is 0 Å². The lowest BCUT2D eigenvalue weighted by Crippen LogP contribution is -2.68. The Morgan fingerprint density at radius 2 is 2.04 bits per heavy atom. The van der Waals surface area contributed by atoms with Crippen molar-refractivity contribution in [3.05, 3.63) is 0 Å². The third-order valence-electron chi connectivity index (χ3n) is 4.53. The second kappa shape index (κ2) is 7.58. The Balaban J connectivity index is 1.91. The second-order valence-corrected chi connectivity index (χ2v) is 8.47. The third kappa shape index (κ3) is 5.60. The molecule has 0 radical (unpaired) electrons. The maximum absolute atomic E-state index is 12.0. The molecule has 2 rings (SSSR count). The average molecular weight is 342 g/mol. The molecule has 2 fully saturated rings. The van der Waals surface area contributed by atoms with Crippen LogP contribution in [0.5, 0.6) is 0 Å². The number of hydrogen-bond acceptors (Lipinski definition) is 5. The Labute approximate surface area is 146 Å². The van der Waals surface area contributed by atoms with Crippen LogP contribution in [0.2, 0.25) is 0 Å². The van der Waals surface area contributed by atoms with Gasteiger partial charge in [0.1, 0.15) is 5.60 Å². The van der Waals surface area contributed by atoms with E-state index >= 15 is 0 Å². The number of alkyl carbamates (subject to hydrolysis) is 1. The summed E-state index contributed by atoms with van der Waals surface area (Å²) in [5.41, 5.74) is -0.588. The molecule has 0 bridgehead atoms. The molecule has 4 unspecified atom stereocenters. The Morgan fingerprint density at radius 3 is 2.62 bits per heavy atom. The Morgan fingerprint density at radius 1 is 1.33 bits per heavy atom. The molecule has 24 heavy (non-hydrogen) atoms. The van der Waals surface area contributed by atoms with Crippen molar-refractivity contribution in [2.24, 2.45) is 0 Å². The second-order valence-electron chi connectivity index (χ2n) is 8.47. The highest BCUT2D eigenvalue weighted by atomic mass is 16.6. The van der Waals surface area contributed by atoms with Crippen LogP contribution in [0.1, 0.15) is 60.8 Å². The van der Waals surface area contributed by atoms with Crippen molar-refractivity contribution in [3.63, 3.8) is 0 Å². The molecule has 1 saturated heterocycles. The van der Waals surface area contributed by atoms with Crippen molar-refractivity contribution in [3.8, 4) is 0 Å². The van der Waals surface area contributed by atoms with E-state index < -0.39 is 5.60 Å². The quantitative estimate of drug-likeness (QED) is 0.804. The fourth-order valence-electron chi connectivity index (χ4n) is 3.47. The zero-order chi connectivity index (χ0) is 18.0. The number of rotatable bonds is 5. The van der Waals surface area contributed by atoms with E-state index in [1.54, 1.807) is 0 Å². The van der Waals surface area contributed by atoms with E-state index in [2.05, 4.69) is 24.5 Å². The van der Waals surface area contributed by atoms with E-state index in [1.165, 1.54) is 0 Å². The predicted octanol–water partition coefficient (Wildman–Crippen LogP) is 2.60. The Bertz CT molecular complexity index is 433. The van der Waals surface area contributed by atoms with Gasteiger partial charge in [0, 0.05) is 19.3 Å². The molecule has 0 aromatic carbocycles. The molecule has 1 aliphatic carbocycles. The first-order valence-electron chi connectivity index (χ1n) is 9.11. The van der Waals surface area contributed by atoms with Gasteiger partial charge in [-0.2, -0.15) is 0 Å². The number of carbonyl (C=O) groups is 1. The van der Waals surface area contributed by atoms with Crippen LogP contribution in [0.3, 0.4) is 0 Å². The maximum Gasteiger partial charge on any atom is 0.407 e. The lowest BCUT2D eigenvalue weighted by atomic mass is 9.81. The number of ether oxygens (including phenoxy) is 3. The van der Waals surface area contributed by atoms with Gasteiger partial charge in [-0.3, -0.25) is 0 Å². The minimum Gasteiger partial charge on any atom is -0.444 e. The summed E-state index contributed by atoms with van der Waals surface area (Å²) >= 11 is 0. The van der Waals surface area contributed by atoms with Crippen molar-refractivity contribution in [2.75, 3.05) is 13.2 Å². The van der Waals surface area contributed by atoms with Gasteiger partial charge in [-0.1, -0.05) is 0 Å². The van der Waals surface area contributed by atoms with Gasteiger partial charge in [0.25, 0.3) is 0 Å². The van der Waals surface area contributed by atoms with E-state index in [9.17, 15) is 4.79 Å². The van der Waals surface area contributed by atoms with Crippen LogP contribution in [0.15, 0.2) is 0 Å². The fourth-order valence-corrected chi connectivity index (χ4v) is 3.47. The number of amides is 1. The van der Waals surface area contributed by atoms with Crippen molar-refractivity contribution in [1.82, 2.24) is 10.6 Å². The number of hydrogen-bond donors (Lipinski definition) is 2. The van der Waals surface area contributed by atoms with Gasteiger partial charge in [-0.15, -0.1) is 0 Å². The van der Waals surface area contributed by atoms with Crippen LogP contribution in [0.25, 0.3) is 0 Å². The Hall–Kier alpha value is -0.850. The van der Waals surface area contributed by atoms with E-state index in [0.29, 0.717) is 12.6 Å². The summed E-state index contributed by atoms with van der Waals surface area (Å²) in [6, 6.07) is 0.545. The van der Waals surface area contributed by atoms with Crippen molar-refractivity contribution >= 4 is 6.09 Å². The molecule has 2 N–H and O–H groups in total. The van der Waals surface area contributed by atoms with Crippen LogP contribution in [0.4, 0.5) is 4.79 Å². The van der Waals surface area contributed by atoms with Crippen LogP contribution in [-0.2, 0) is 14.2 Å². The lowest BCUT2D eigenvalue weighted by Gasteiger charge is -2.48. The van der Waals surface area contributed by atoms with Gasteiger partial charge < -0.3 is 24.8 Å². The summed E-state index contributed by atoms with van der Waals surface area (Å²) in [6.07, 6.45) is 2.54. The minimum atomic E-state index is -0.485. The molecule has 6 heteroatoms. The lowest BCUT2D eigenvalue weighted by molar-refractivity contribution is -0.0820. The zero-order valence-electron chi connectivity index (χ0n) is 16.0. The maximum atomic E-state index is 12.0. The molecule has 6 nitrogen and oxygen atoms in total. The molecule has 1 aliphatic heterocycles. The molecular formula is C18H34N2O4. The Kier molecular flexibility index (Phi) is 6.15. The fraction of sp³-hybridized carbons (Fsp3) is 0.944. The molecule has 4 atom stereocenters. The molecule has 0 spiro atoms. The average Bonchev–Trinajstić information content (AvgIpc) is 2.41. The summed E-state index contributed by atoms with van der Waals surface area (Å²) in [4.78, 5) is 12.0. The van der Waals surface area contributed by atoms with E-state index in [1.807, 2.05) is 27.7 Å². The SMILES string of the molecule is CCOC1CC(NC(=O)OC(C)(C)C)C1NC1CCOC(C)(C)C1. The molecule has 2 aliphatic rings. The summed E-state index contributed by atoms with van der Waals surface area (Å²) in [5, 5.41) is 6.68. The van der Waals surface area contributed by atoms with Gasteiger partial charge in [0.05, 0.1) is 23.8 Å². The zero-order valence-corrected chi connectivity index (χ0v) is 16.0. The van der Waals surface area contributed by atoms with Gasteiger partial charge in [-0.05, 0) is 60.8 Å². The monoisotopic (exact) mass is 342 g/mol. The predicted molar refractivity (Wildman–Crippen MR) is 93.2 cm³/mol. The number of nitrogens with one attached hydrogen (secondary N) is 2. The molecule has 140 valence electrons. The molecule has 1 saturated carbocycles. The van der Waals surface area contributed by atoms with Crippen LogP contribution in [0, 0.1) is 0 Å². The molecular weight excluding hydrogens is 308 g/mol. The summed E-state index contributed by atoms with van der Waals surface area (Å²) in [6.45, 7) is 13.3. The first kappa shape index (κ1) is 19.5. The summed E-state index contributed by atoms with van der Waals surface area (Å²) < 4.78 is 17.0. The highest BCUT2D eigenvalue weighted by molar-refractivity contribution is 5.68. The highest BCUT2D eigenvalue weighted by Gasteiger charge is 2.45. The third-order valence-corrected chi connectivity index (χ3v) is 4.53. The molecule has 0 aromatic heterocycles. The van der Waals surface area contributed by atoms with Gasteiger partial charge >= 0.3 is 6.09 Å². The van der Waals surface area contributed by atoms with Crippen LogP contribution in [-0.4, -0.2) is 54.7 Å².